The summed E-state index contributed by atoms with van der Waals surface area (Å²) in [4.78, 5) is 15.0. The monoisotopic (exact) mass is 393 g/mol. The Bertz CT molecular complexity index is 738. The zero-order valence-electron chi connectivity index (χ0n) is 16.1. The van der Waals surface area contributed by atoms with Crippen LogP contribution in [0.15, 0.2) is 30.3 Å². The summed E-state index contributed by atoms with van der Waals surface area (Å²) < 4.78 is 27.2. The van der Waals surface area contributed by atoms with E-state index >= 15 is 0 Å². The number of nitrogens with zero attached hydrogens (tertiary/aromatic N) is 2. The third kappa shape index (κ3) is 4.89. The van der Waals surface area contributed by atoms with Gasteiger partial charge in [0.05, 0.1) is 11.7 Å². The number of sulfonamides is 1. The predicted octanol–water partition coefficient (Wildman–Crippen LogP) is 1.81. The molecule has 2 N–H and O–H groups in total. The van der Waals surface area contributed by atoms with Gasteiger partial charge in [-0.15, -0.1) is 0 Å². The van der Waals surface area contributed by atoms with Crippen LogP contribution in [0.4, 0.5) is 0 Å². The van der Waals surface area contributed by atoms with Gasteiger partial charge in [-0.2, -0.15) is 0 Å². The number of hydrogen-bond acceptors (Lipinski definition) is 4. The Balaban J connectivity index is 1.67. The van der Waals surface area contributed by atoms with Gasteiger partial charge in [-0.25, -0.2) is 12.7 Å². The van der Waals surface area contributed by atoms with Crippen LogP contribution in [-0.2, 0) is 20.6 Å². The fraction of sp³-hybridized carbons (Fsp3) is 0.650. The number of carbonyl (C=O) groups excluding carboxylic acids is 1. The van der Waals surface area contributed by atoms with Crippen LogP contribution in [0.3, 0.4) is 0 Å². The molecular formula is C20H31N3O3S. The third-order valence-corrected chi connectivity index (χ3v) is 7.67. The Morgan fingerprint density at radius 3 is 2.63 bits per heavy atom. The summed E-state index contributed by atoms with van der Waals surface area (Å²) in [6, 6.07) is 9.29. The minimum absolute atomic E-state index is 0.0125. The number of amides is 1. The Morgan fingerprint density at radius 1 is 1.19 bits per heavy atom. The Kier molecular flexibility index (Phi) is 6.55. The second-order valence-electron chi connectivity index (χ2n) is 7.99. The quantitative estimate of drug-likeness (QED) is 0.827. The van der Waals surface area contributed by atoms with Crippen LogP contribution in [-0.4, -0.2) is 55.8 Å². The number of carbonyl (C=O) groups is 1. The van der Waals surface area contributed by atoms with Gasteiger partial charge in [0.15, 0.2) is 0 Å². The zero-order chi connectivity index (χ0) is 19.4. The van der Waals surface area contributed by atoms with Gasteiger partial charge in [-0.3, -0.25) is 4.79 Å². The average Bonchev–Trinajstić information content (AvgIpc) is 2.68. The maximum Gasteiger partial charge on any atom is 0.227 e. The van der Waals surface area contributed by atoms with Crippen LogP contribution in [0.1, 0.15) is 38.2 Å². The number of benzene rings is 1. The van der Waals surface area contributed by atoms with Crippen molar-refractivity contribution < 1.29 is 13.2 Å². The van der Waals surface area contributed by atoms with Crippen molar-refractivity contribution in [3.05, 3.63) is 35.9 Å². The SMILES string of the molecule is CC1CCN(C(=O)C2CCCN(S(=O)(=O)Cc3ccccc3)C2)C(CN)C1. The summed E-state index contributed by atoms with van der Waals surface area (Å²) in [5, 5.41) is 0. The van der Waals surface area contributed by atoms with Gasteiger partial charge in [0, 0.05) is 32.2 Å². The van der Waals surface area contributed by atoms with Crippen LogP contribution in [0.25, 0.3) is 0 Å². The van der Waals surface area contributed by atoms with E-state index in [9.17, 15) is 13.2 Å². The van der Waals surface area contributed by atoms with Gasteiger partial charge < -0.3 is 10.6 Å². The van der Waals surface area contributed by atoms with Crippen LogP contribution >= 0.6 is 0 Å². The maximum atomic E-state index is 13.1. The fourth-order valence-corrected chi connectivity index (χ4v) is 5.88. The first-order valence-electron chi connectivity index (χ1n) is 9.93. The first-order valence-corrected chi connectivity index (χ1v) is 11.5. The summed E-state index contributed by atoms with van der Waals surface area (Å²) in [6.45, 7) is 4.19. The highest BCUT2D eigenvalue weighted by Crippen LogP contribution is 2.28. The highest BCUT2D eigenvalue weighted by molar-refractivity contribution is 7.88. The van der Waals surface area contributed by atoms with Crippen molar-refractivity contribution in [1.29, 1.82) is 0 Å². The van der Waals surface area contributed by atoms with E-state index in [0.717, 1.165) is 37.8 Å². The van der Waals surface area contributed by atoms with Gasteiger partial charge in [0.25, 0.3) is 0 Å². The normalized spacial score (nSPS) is 27.5. The summed E-state index contributed by atoms with van der Waals surface area (Å²) in [5.74, 6) is 0.391. The van der Waals surface area contributed by atoms with Gasteiger partial charge in [0.1, 0.15) is 0 Å². The molecular weight excluding hydrogens is 362 g/mol. The second-order valence-corrected chi connectivity index (χ2v) is 9.96. The highest BCUT2D eigenvalue weighted by atomic mass is 32.2. The molecule has 3 rings (SSSR count). The number of hydrogen-bond donors (Lipinski definition) is 1. The standard InChI is InChI=1S/C20H31N3O3S/c1-16-9-11-23(19(12-16)13-21)20(24)18-8-5-10-22(14-18)27(25,26)15-17-6-3-2-4-7-17/h2-4,6-7,16,18-19H,5,8-15,21H2,1H3. The smallest absolute Gasteiger partial charge is 0.227 e. The molecule has 3 unspecified atom stereocenters. The van der Waals surface area contributed by atoms with Crippen molar-refractivity contribution in [3.8, 4) is 0 Å². The van der Waals surface area contributed by atoms with Crippen LogP contribution in [0.5, 0.6) is 0 Å². The van der Waals surface area contributed by atoms with E-state index in [0.29, 0.717) is 19.0 Å². The van der Waals surface area contributed by atoms with Crippen LogP contribution in [0.2, 0.25) is 0 Å². The molecule has 0 bridgehead atoms. The fourth-order valence-electron chi connectivity index (χ4n) is 4.27. The van der Waals surface area contributed by atoms with Crippen LogP contribution in [0, 0.1) is 11.8 Å². The first-order chi connectivity index (χ1) is 12.9. The molecule has 0 radical (unpaired) electrons. The van der Waals surface area contributed by atoms with Crippen LogP contribution < -0.4 is 5.73 Å². The minimum atomic E-state index is -3.42. The topological polar surface area (TPSA) is 83.7 Å². The molecule has 0 aliphatic carbocycles. The van der Waals surface area contributed by atoms with Crippen molar-refractivity contribution >= 4 is 15.9 Å². The van der Waals surface area contributed by atoms with Crippen molar-refractivity contribution in [1.82, 2.24) is 9.21 Å². The van der Waals surface area contributed by atoms with Crippen molar-refractivity contribution in [2.24, 2.45) is 17.6 Å². The number of piperidine rings is 2. The minimum Gasteiger partial charge on any atom is -0.338 e. The molecule has 0 saturated carbocycles. The lowest BCUT2D eigenvalue weighted by Gasteiger charge is -2.41. The largest absolute Gasteiger partial charge is 0.338 e. The molecule has 2 aliphatic heterocycles. The lowest BCUT2D eigenvalue weighted by Crippen LogP contribution is -2.54. The molecule has 6 nitrogen and oxygen atoms in total. The lowest BCUT2D eigenvalue weighted by molar-refractivity contribution is -0.140. The molecule has 2 aliphatic rings. The van der Waals surface area contributed by atoms with E-state index in [1.54, 1.807) is 0 Å². The van der Waals surface area contributed by atoms with Crippen molar-refractivity contribution in [2.75, 3.05) is 26.2 Å². The molecule has 7 heteroatoms. The average molecular weight is 394 g/mol. The lowest BCUT2D eigenvalue weighted by atomic mass is 9.90. The molecule has 2 fully saturated rings. The van der Waals surface area contributed by atoms with E-state index in [-0.39, 0.29) is 30.2 Å². The molecule has 1 amide bonds. The molecule has 2 heterocycles. The molecule has 0 aromatic heterocycles. The summed E-state index contributed by atoms with van der Waals surface area (Å²) in [7, 11) is -3.42. The number of nitrogens with two attached hydrogens (primary N) is 1. The van der Waals surface area contributed by atoms with Gasteiger partial charge >= 0.3 is 0 Å². The van der Waals surface area contributed by atoms with Gasteiger partial charge in [-0.05, 0) is 37.2 Å². The summed E-state index contributed by atoms with van der Waals surface area (Å²) in [5.41, 5.74) is 6.68. The highest BCUT2D eigenvalue weighted by Gasteiger charge is 2.37. The maximum absolute atomic E-state index is 13.1. The molecule has 1 aromatic rings. The number of likely N-dealkylation sites (tertiary alicyclic amines) is 1. The van der Waals surface area contributed by atoms with Crippen molar-refractivity contribution in [2.45, 2.75) is 44.4 Å². The Labute approximate surface area is 162 Å². The third-order valence-electron chi connectivity index (χ3n) is 5.85. The molecule has 27 heavy (non-hydrogen) atoms. The van der Waals surface area contributed by atoms with E-state index < -0.39 is 10.0 Å². The van der Waals surface area contributed by atoms with Gasteiger partial charge in [-0.1, -0.05) is 37.3 Å². The number of rotatable bonds is 5. The summed E-state index contributed by atoms with van der Waals surface area (Å²) in [6.07, 6.45) is 3.40. The van der Waals surface area contributed by atoms with Crippen molar-refractivity contribution in [3.63, 3.8) is 0 Å². The van der Waals surface area contributed by atoms with E-state index in [4.69, 9.17) is 5.73 Å². The Morgan fingerprint density at radius 2 is 1.93 bits per heavy atom. The van der Waals surface area contributed by atoms with E-state index in [1.165, 1.54) is 4.31 Å². The molecule has 150 valence electrons. The van der Waals surface area contributed by atoms with E-state index in [2.05, 4.69) is 6.92 Å². The molecule has 2 saturated heterocycles. The van der Waals surface area contributed by atoms with E-state index in [1.807, 2.05) is 35.2 Å². The first kappa shape index (κ1) is 20.3. The summed E-state index contributed by atoms with van der Waals surface area (Å²) >= 11 is 0. The predicted molar refractivity (Wildman–Crippen MR) is 106 cm³/mol. The molecule has 0 spiro atoms. The molecule has 1 aromatic carbocycles. The zero-order valence-corrected chi connectivity index (χ0v) is 16.9. The molecule has 3 atom stereocenters. The Hall–Kier alpha value is -1.44. The second kappa shape index (κ2) is 8.71. The van der Waals surface area contributed by atoms with Gasteiger partial charge in [0.2, 0.25) is 15.9 Å².